The molecule has 0 spiro atoms. The zero-order chi connectivity index (χ0) is 14.4. The van der Waals surface area contributed by atoms with Crippen LogP contribution in [0.3, 0.4) is 0 Å². The van der Waals surface area contributed by atoms with Crippen LogP contribution in [0.2, 0.25) is 0 Å². The molecule has 3 nitrogen and oxygen atoms in total. The summed E-state index contributed by atoms with van der Waals surface area (Å²) in [4.78, 5) is 0. The number of nitrogens with two attached hydrogens (primary N) is 1. The summed E-state index contributed by atoms with van der Waals surface area (Å²) in [5.74, 6) is 1.64. The molecule has 2 aromatic rings. The van der Waals surface area contributed by atoms with Gasteiger partial charge in [0.05, 0.1) is 22.2 Å². The summed E-state index contributed by atoms with van der Waals surface area (Å²) in [5, 5.41) is 0. The Hall–Kier alpha value is -1.20. The lowest BCUT2D eigenvalue weighted by molar-refractivity contribution is 0.246. The van der Waals surface area contributed by atoms with Crippen molar-refractivity contribution < 1.29 is 9.47 Å². The Balaban J connectivity index is 1.73. The number of rotatable bonds is 6. The Morgan fingerprint density at radius 1 is 0.850 bits per heavy atom. The van der Waals surface area contributed by atoms with Gasteiger partial charge in [-0.15, -0.1) is 0 Å². The lowest BCUT2D eigenvalue weighted by atomic mass is 10.3. The first-order valence-corrected chi connectivity index (χ1v) is 7.80. The van der Waals surface area contributed by atoms with Gasteiger partial charge in [-0.25, -0.2) is 0 Å². The molecule has 0 aromatic heterocycles. The van der Waals surface area contributed by atoms with Crippen LogP contribution in [0.4, 0.5) is 5.69 Å². The lowest BCUT2D eigenvalue weighted by Gasteiger charge is -2.10. The van der Waals surface area contributed by atoms with Gasteiger partial charge in [0.25, 0.3) is 0 Å². The maximum absolute atomic E-state index is 5.73. The summed E-state index contributed by atoms with van der Waals surface area (Å²) in [6, 6.07) is 13.2. The fraction of sp³-hybridized carbons (Fsp3) is 0.200. The highest BCUT2D eigenvalue weighted by Crippen LogP contribution is 2.32. The van der Waals surface area contributed by atoms with E-state index in [0.29, 0.717) is 13.2 Å². The Morgan fingerprint density at radius 3 is 2.10 bits per heavy atom. The topological polar surface area (TPSA) is 44.5 Å². The number of hydrogen-bond acceptors (Lipinski definition) is 3. The van der Waals surface area contributed by atoms with Crippen molar-refractivity contribution in [3.8, 4) is 11.5 Å². The van der Waals surface area contributed by atoms with Gasteiger partial charge in [-0.1, -0.05) is 6.07 Å². The first-order chi connectivity index (χ1) is 9.66. The predicted octanol–water partition coefficient (Wildman–Crippen LogP) is 4.64. The maximum Gasteiger partial charge on any atom is 0.147 e. The summed E-state index contributed by atoms with van der Waals surface area (Å²) < 4.78 is 13.2. The molecule has 0 atom stereocenters. The number of hydrogen-bond donors (Lipinski definition) is 1. The second-order valence-electron chi connectivity index (χ2n) is 4.17. The molecule has 0 aliphatic rings. The molecule has 0 amide bonds. The van der Waals surface area contributed by atoms with Gasteiger partial charge in [-0.3, -0.25) is 0 Å². The van der Waals surface area contributed by atoms with Crippen LogP contribution in [0, 0.1) is 0 Å². The molecule has 0 heterocycles. The van der Waals surface area contributed by atoms with E-state index in [1.54, 1.807) is 0 Å². The zero-order valence-corrected chi connectivity index (χ0v) is 14.0. The van der Waals surface area contributed by atoms with Gasteiger partial charge in [0, 0.05) is 12.1 Å². The van der Waals surface area contributed by atoms with Gasteiger partial charge in [0.15, 0.2) is 0 Å². The van der Waals surface area contributed by atoms with Crippen molar-refractivity contribution in [2.75, 3.05) is 18.9 Å². The Bertz CT molecular complexity index is 538. The molecule has 106 valence electrons. The molecule has 2 aromatic carbocycles. The highest BCUT2D eigenvalue weighted by molar-refractivity contribution is 9.11. The summed E-state index contributed by atoms with van der Waals surface area (Å²) in [6.45, 7) is 1.20. The van der Waals surface area contributed by atoms with Crippen molar-refractivity contribution in [3.63, 3.8) is 0 Å². The number of benzene rings is 2. The van der Waals surface area contributed by atoms with Crippen LogP contribution in [0.25, 0.3) is 0 Å². The minimum absolute atomic E-state index is 0.593. The van der Waals surface area contributed by atoms with Gasteiger partial charge in [0.2, 0.25) is 0 Å². The molecule has 0 saturated heterocycles. The average molecular weight is 401 g/mol. The molecular weight excluding hydrogens is 386 g/mol. The van der Waals surface area contributed by atoms with Crippen molar-refractivity contribution >= 4 is 37.5 Å². The second kappa shape index (κ2) is 7.55. The van der Waals surface area contributed by atoms with Crippen molar-refractivity contribution in [1.29, 1.82) is 0 Å². The van der Waals surface area contributed by atoms with E-state index in [-0.39, 0.29) is 0 Å². The van der Waals surface area contributed by atoms with E-state index in [2.05, 4.69) is 31.9 Å². The summed E-state index contributed by atoms with van der Waals surface area (Å²) in [5.41, 5.74) is 6.35. The minimum atomic E-state index is 0.593. The van der Waals surface area contributed by atoms with Gasteiger partial charge < -0.3 is 15.2 Å². The van der Waals surface area contributed by atoms with Crippen LogP contribution in [0.5, 0.6) is 11.5 Å². The largest absolute Gasteiger partial charge is 0.493 e. The molecular formula is C15H15Br2NO2. The first-order valence-electron chi connectivity index (χ1n) is 6.22. The molecule has 0 radical (unpaired) electrons. The molecule has 2 rings (SSSR count). The number of nitrogen functional groups attached to an aromatic ring is 1. The van der Waals surface area contributed by atoms with Crippen LogP contribution < -0.4 is 15.2 Å². The van der Waals surface area contributed by atoms with Crippen molar-refractivity contribution in [2.45, 2.75) is 6.42 Å². The van der Waals surface area contributed by atoms with Crippen LogP contribution in [-0.2, 0) is 0 Å². The summed E-state index contributed by atoms with van der Waals surface area (Å²) in [6.07, 6.45) is 0.804. The molecule has 0 unspecified atom stereocenters. The number of ether oxygens (including phenoxy) is 2. The number of halogens is 2. The Kier molecular flexibility index (Phi) is 5.73. The standard InChI is InChI=1S/C15H15Br2NO2/c16-13-3-1-4-14(17)15(13)20-10-2-9-19-12-7-5-11(18)6-8-12/h1,3-8H,2,9-10,18H2. The van der Waals surface area contributed by atoms with Crippen molar-refractivity contribution in [3.05, 3.63) is 51.4 Å². The van der Waals surface area contributed by atoms with Gasteiger partial charge in [-0.05, 0) is 68.3 Å². The van der Waals surface area contributed by atoms with Crippen molar-refractivity contribution in [1.82, 2.24) is 0 Å². The third-order valence-corrected chi connectivity index (χ3v) is 3.85. The third kappa shape index (κ3) is 4.42. The van der Waals surface area contributed by atoms with Crippen molar-refractivity contribution in [2.24, 2.45) is 0 Å². The van der Waals surface area contributed by atoms with Gasteiger partial charge in [-0.2, -0.15) is 0 Å². The first kappa shape index (κ1) is 15.2. The molecule has 20 heavy (non-hydrogen) atoms. The monoisotopic (exact) mass is 399 g/mol. The second-order valence-corrected chi connectivity index (χ2v) is 5.88. The zero-order valence-electron chi connectivity index (χ0n) is 10.8. The van der Waals surface area contributed by atoms with E-state index in [1.807, 2.05) is 42.5 Å². The average Bonchev–Trinajstić information content (AvgIpc) is 2.43. The quantitative estimate of drug-likeness (QED) is 0.567. The van der Waals surface area contributed by atoms with E-state index in [0.717, 1.165) is 32.6 Å². The van der Waals surface area contributed by atoms with Crippen LogP contribution in [0.1, 0.15) is 6.42 Å². The van der Waals surface area contributed by atoms with Crippen LogP contribution >= 0.6 is 31.9 Å². The van der Waals surface area contributed by atoms with E-state index in [1.165, 1.54) is 0 Å². The van der Waals surface area contributed by atoms with Gasteiger partial charge >= 0.3 is 0 Å². The minimum Gasteiger partial charge on any atom is -0.493 e. The summed E-state index contributed by atoms with van der Waals surface area (Å²) in [7, 11) is 0. The molecule has 0 fully saturated rings. The van der Waals surface area contributed by atoms with E-state index in [9.17, 15) is 0 Å². The van der Waals surface area contributed by atoms with Gasteiger partial charge in [0.1, 0.15) is 11.5 Å². The Morgan fingerprint density at radius 2 is 1.45 bits per heavy atom. The third-order valence-electron chi connectivity index (χ3n) is 2.60. The highest BCUT2D eigenvalue weighted by atomic mass is 79.9. The smallest absolute Gasteiger partial charge is 0.147 e. The maximum atomic E-state index is 5.73. The van der Waals surface area contributed by atoms with E-state index < -0.39 is 0 Å². The fourth-order valence-electron chi connectivity index (χ4n) is 1.61. The molecule has 0 bridgehead atoms. The number of anilines is 1. The summed E-state index contributed by atoms with van der Waals surface area (Å²) >= 11 is 6.92. The highest BCUT2D eigenvalue weighted by Gasteiger charge is 2.05. The molecule has 0 aliphatic heterocycles. The lowest BCUT2D eigenvalue weighted by Crippen LogP contribution is -2.05. The fourth-order valence-corrected chi connectivity index (χ4v) is 2.83. The van der Waals surface area contributed by atoms with E-state index >= 15 is 0 Å². The molecule has 0 aliphatic carbocycles. The van der Waals surface area contributed by atoms with Crippen LogP contribution in [0.15, 0.2) is 51.4 Å². The molecule has 5 heteroatoms. The molecule has 0 saturated carbocycles. The number of para-hydroxylation sites is 1. The molecule has 2 N–H and O–H groups in total. The Labute approximate surface area is 135 Å². The SMILES string of the molecule is Nc1ccc(OCCCOc2c(Br)cccc2Br)cc1. The van der Waals surface area contributed by atoms with Crippen LogP contribution in [-0.4, -0.2) is 13.2 Å². The van der Waals surface area contributed by atoms with E-state index in [4.69, 9.17) is 15.2 Å². The predicted molar refractivity (Wildman–Crippen MR) is 88.3 cm³/mol. The normalized spacial score (nSPS) is 10.3.